The Morgan fingerprint density at radius 3 is 2.86 bits per heavy atom. The third kappa shape index (κ3) is 1.69. The summed E-state index contributed by atoms with van der Waals surface area (Å²) in [5.74, 6) is 1.64. The monoisotopic (exact) mass is 194 g/mol. The maximum Gasteiger partial charge on any atom is 0.145 e. The Kier molecular flexibility index (Phi) is 2.35. The average Bonchev–Trinajstić information content (AvgIpc) is 2.73. The van der Waals surface area contributed by atoms with Crippen molar-refractivity contribution in [2.24, 2.45) is 0 Å². The number of rotatable bonds is 1. The first-order valence-corrected chi connectivity index (χ1v) is 5.25. The molecule has 3 heteroatoms. The summed E-state index contributed by atoms with van der Waals surface area (Å²) in [6, 6.07) is 0. The minimum atomic E-state index is 0.0639. The number of aromatic nitrogens is 1. The molecular formula is C11H18N2O. The molecule has 1 unspecified atom stereocenters. The van der Waals surface area contributed by atoms with Gasteiger partial charge in [-0.3, -0.25) is 0 Å². The second kappa shape index (κ2) is 3.39. The molecule has 2 heterocycles. The van der Waals surface area contributed by atoms with E-state index >= 15 is 0 Å². The molecule has 78 valence electrons. The number of nitrogens with zero attached hydrogens (tertiary/aromatic N) is 1. The summed E-state index contributed by atoms with van der Waals surface area (Å²) in [5, 5.41) is 7.30. The summed E-state index contributed by atoms with van der Waals surface area (Å²) in [4.78, 5) is 0. The second-order valence-corrected chi connectivity index (χ2v) is 5.05. The molecule has 0 aliphatic carbocycles. The van der Waals surface area contributed by atoms with Crippen molar-refractivity contribution in [2.45, 2.75) is 38.5 Å². The molecule has 1 saturated heterocycles. The van der Waals surface area contributed by atoms with Crippen LogP contribution in [-0.4, -0.2) is 18.2 Å². The molecule has 0 spiro atoms. The molecule has 0 aromatic carbocycles. The smallest absolute Gasteiger partial charge is 0.145 e. The van der Waals surface area contributed by atoms with E-state index in [0.29, 0.717) is 5.92 Å². The van der Waals surface area contributed by atoms with E-state index < -0.39 is 0 Å². The molecule has 0 bridgehead atoms. The molecule has 2 rings (SSSR count). The van der Waals surface area contributed by atoms with Crippen molar-refractivity contribution >= 4 is 0 Å². The van der Waals surface area contributed by atoms with Gasteiger partial charge in [-0.05, 0) is 13.0 Å². The zero-order chi connectivity index (χ0) is 10.2. The lowest BCUT2D eigenvalue weighted by molar-refractivity contribution is 0.325. The summed E-state index contributed by atoms with van der Waals surface area (Å²) >= 11 is 0. The largest absolute Gasteiger partial charge is 0.361 e. The van der Waals surface area contributed by atoms with Crippen molar-refractivity contribution < 1.29 is 4.52 Å². The lowest BCUT2D eigenvalue weighted by Crippen LogP contribution is -2.15. The highest BCUT2D eigenvalue weighted by Gasteiger charge is 2.28. The molecule has 0 saturated carbocycles. The fourth-order valence-corrected chi connectivity index (χ4v) is 2.03. The van der Waals surface area contributed by atoms with Crippen molar-refractivity contribution in [1.29, 1.82) is 0 Å². The Labute approximate surface area is 84.9 Å². The fraction of sp³-hybridized carbons (Fsp3) is 0.727. The summed E-state index contributed by atoms with van der Waals surface area (Å²) < 4.78 is 5.36. The summed E-state index contributed by atoms with van der Waals surface area (Å²) in [7, 11) is 0. The van der Waals surface area contributed by atoms with Crippen LogP contribution in [0.4, 0.5) is 0 Å². The molecule has 3 nitrogen and oxygen atoms in total. The Morgan fingerprint density at radius 2 is 2.29 bits per heavy atom. The van der Waals surface area contributed by atoms with Crippen LogP contribution in [0.15, 0.2) is 10.7 Å². The molecular weight excluding hydrogens is 176 g/mol. The van der Waals surface area contributed by atoms with E-state index in [2.05, 4.69) is 31.2 Å². The van der Waals surface area contributed by atoms with Crippen LogP contribution in [0.25, 0.3) is 0 Å². The Bertz CT molecular complexity index is 305. The minimum Gasteiger partial charge on any atom is -0.361 e. The van der Waals surface area contributed by atoms with Gasteiger partial charge in [-0.25, -0.2) is 0 Å². The SMILES string of the molecule is CC(C)(C)c1oncc1C1CCNC1. The van der Waals surface area contributed by atoms with Gasteiger partial charge in [-0.1, -0.05) is 25.9 Å². The van der Waals surface area contributed by atoms with Crippen LogP contribution in [0.3, 0.4) is 0 Å². The topological polar surface area (TPSA) is 38.1 Å². The maximum atomic E-state index is 5.36. The third-order valence-electron chi connectivity index (χ3n) is 2.78. The second-order valence-electron chi connectivity index (χ2n) is 5.05. The molecule has 1 atom stereocenters. The van der Waals surface area contributed by atoms with Gasteiger partial charge in [0.05, 0.1) is 6.20 Å². The first-order chi connectivity index (χ1) is 6.59. The van der Waals surface area contributed by atoms with Crippen molar-refractivity contribution in [3.05, 3.63) is 17.5 Å². The molecule has 1 aliphatic rings. The lowest BCUT2D eigenvalue weighted by atomic mass is 9.86. The van der Waals surface area contributed by atoms with Crippen LogP contribution < -0.4 is 5.32 Å². The van der Waals surface area contributed by atoms with Crippen molar-refractivity contribution in [3.63, 3.8) is 0 Å². The van der Waals surface area contributed by atoms with Crippen molar-refractivity contribution in [3.8, 4) is 0 Å². The van der Waals surface area contributed by atoms with Gasteiger partial charge in [0.1, 0.15) is 5.76 Å². The molecule has 0 amide bonds. The van der Waals surface area contributed by atoms with Gasteiger partial charge in [-0.15, -0.1) is 0 Å². The Balaban J connectivity index is 2.29. The predicted octanol–water partition coefficient (Wildman–Crippen LogP) is 2.05. The van der Waals surface area contributed by atoms with Gasteiger partial charge >= 0.3 is 0 Å². The normalized spacial score (nSPS) is 22.9. The van der Waals surface area contributed by atoms with E-state index in [9.17, 15) is 0 Å². The summed E-state index contributed by atoms with van der Waals surface area (Å²) in [5.41, 5.74) is 1.36. The first kappa shape index (κ1) is 9.71. The number of nitrogens with one attached hydrogen (secondary N) is 1. The van der Waals surface area contributed by atoms with Gasteiger partial charge < -0.3 is 9.84 Å². The van der Waals surface area contributed by atoms with Crippen molar-refractivity contribution in [1.82, 2.24) is 10.5 Å². The third-order valence-corrected chi connectivity index (χ3v) is 2.78. The molecule has 14 heavy (non-hydrogen) atoms. The van der Waals surface area contributed by atoms with E-state index in [0.717, 1.165) is 18.8 Å². The molecule has 0 radical (unpaired) electrons. The van der Waals surface area contributed by atoms with Crippen LogP contribution >= 0.6 is 0 Å². The zero-order valence-corrected chi connectivity index (χ0v) is 9.13. The fourth-order valence-electron chi connectivity index (χ4n) is 2.03. The summed E-state index contributed by atoms with van der Waals surface area (Å²) in [6.07, 6.45) is 3.09. The summed E-state index contributed by atoms with van der Waals surface area (Å²) in [6.45, 7) is 8.67. The van der Waals surface area contributed by atoms with E-state index in [1.54, 1.807) is 0 Å². The Hall–Kier alpha value is -0.830. The predicted molar refractivity (Wildman–Crippen MR) is 55.4 cm³/mol. The van der Waals surface area contributed by atoms with Crippen molar-refractivity contribution in [2.75, 3.05) is 13.1 Å². The van der Waals surface area contributed by atoms with Crippen LogP contribution in [-0.2, 0) is 5.41 Å². The maximum absolute atomic E-state index is 5.36. The quantitative estimate of drug-likeness (QED) is 0.743. The minimum absolute atomic E-state index is 0.0639. The van der Waals surface area contributed by atoms with E-state index in [4.69, 9.17) is 4.52 Å². The first-order valence-electron chi connectivity index (χ1n) is 5.25. The highest BCUT2D eigenvalue weighted by molar-refractivity contribution is 5.26. The molecule has 1 aliphatic heterocycles. The van der Waals surface area contributed by atoms with Gasteiger partial charge in [0.2, 0.25) is 0 Å². The van der Waals surface area contributed by atoms with Gasteiger partial charge in [0.15, 0.2) is 0 Å². The zero-order valence-electron chi connectivity index (χ0n) is 9.13. The molecule has 1 fully saturated rings. The van der Waals surface area contributed by atoms with Crippen LogP contribution in [0.5, 0.6) is 0 Å². The standard InChI is InChI=1S/C11H18N2O/c1-11(2,3)10-9(7-13-14-10)8-4-5-12-6-8/h7-8,12H,4-6H2,1-3H3. The van der Waals surface area contributed by atoms with Crippen LogP contribution in [0, 0.1) is 0 Å². The van der Waals surface area contributed by atoms with Gasteiger partial charge in [-0.2, -0.15) is 0 Å². The molecule has 1 N–H and O–H groups in total. The van der Waals surface area contributed by atoms with Crippen LogP contribution in [0.1, 0.15) is 44.4 Å². The van der Waals surface area contributed by atoms with E-state index in [1.165, 1.54) is 12.0 Å². The lowest BCUT2D eigenvalue weighted by Gasteiger charge is -2.18. The molecule has 1 aromatic heterocycles. The van der Waals surface area contributed by atoms with E-state index in [1.807, 2.05) is 6.20 Å². The average molecular weight is 194 g/mol. The number of hydrogen-bond donors (Lipinski definition) is 1. The van der Waals surface area contributed by atoms with Gasteiger partial charge in [0.25, 0.3) is 0 Å². The number of hydrogen-bond acceptors (Lipinski definition) is 3. The molecule has 1 aromatic rings. The van der Waals surface area contributed by atoms with E-state index in [-0.39, 0.29) is 5.41 Å². The Morgan fingerprint density at radius 1 is 1.50 bits per heavy atom. The van der Waals surface area contributed by atoms with Gasteiger partial charge in [0, 0.05) is 23.4 Å². The highest BCUT2D eigenvalue weighted by atomic mass is 16.5. The highest BCUT2D eigenvalue weighted by Crippen LogP contribution is 2.32. The van der Waals surface area contributed by atoms with Crippen LogP contribution in [0.2, 0.25) is 0 Å².